The fourth-order valence-electron chi connectivity index (χ4n) is 4.28. The minimum absolute atomic E-state index is 0.0881. The molecule has 8 heteroatoms. The first-order valence-corrected chi connectivity index (χ1v) is 10.2. The summed E-state index contributed by atoms with van der Waals surface area (Å²) in [6.45, 7) is 9.43. The van der Waals surface area contributed by atoms with Crippen molar-refractivity contribution in [2.45, 2.75) is 26.8 Å². The van der Waals surface area contributed by atoms with Gasteiger partial charge in [0.1, 0.15) is 11.9 Å². The number of para-hydroxylation sites is 2. The fourth-order valence-corrected chi connectivity index (χ4v) is 4.28. The van der Waals surface area contributed by atoms with Gasteiger partial charge in [-0.05, 0) is 44.5 Å². The van der Waals surface area contributed by atoms with E-state index in [9.17, 15) is 5.26 Å². The molecular formula is C22H23N7O. The third kappa shape index (κ3) is 2.90. The maximum Gasteiger partial charge on any atom is 0.243 e. The smallest absolute Gasteiger partial charge is 0.243 e. The van der Waals surface area contributed by atoms with Gasteiger partial charge in [0.2, 0.25) is 5.89 Å². The number of aromatic nitrogens is 4. The monoisotopic (exact) mass is 401 g/mol. The number of pyridine rings is 1. The first-order chi connectivity index (χ1) is 14.6. The van der Waals surface area contributed by atoms with Crippen molar-refractivity contribution in [1.82, 2.24) is 24.4 Å². The molecule has 1 aromatic carbocycles. The van der Waals surface area contributed by atoms with Crippen molar-refractivity contribution in [3.8, 4) is 6.07 Å². The predicted octanol–water partition coefficient (Wildman–Crippen LogP) is 3.24. The number of fused-ring (bicyclic) bond motifs is 3. The van der Waals surface area contributed by atoms with Gasteiger partial charge in [0.25, 0.3) is 0 Å². The molecule has 1 fully saturated rings. The number of hydrogen-bond donors (Lipinski definition) is 0. The van der Waals surface area contributed by atoms with Crippen molar-refractivity contribution < 1.29 is 4.52 Å². The van der Waals surface area contributed by atoms with Crippen molar-refractivity contribution in [2.75, 3.05) is 31.1 Å². The maximum atomic E-state index is 9.71. The molecule has 1 saturated heterocycles. The zero-order valence-electron chi connectivity index (χ0n) is 17.3. The van der Waals surface area contributed by atoms with Crippen molar-refractivity contribution >= 4 is 22.5 Å². The van der Waals surface area contributed by atoms with E-state index in [4.69, 9.17) is 9.51 Å². The summed E-state index contributed by atoms with van der Waals surface area (Å²) in [4.78, 5) is 13.9. The van der Waals surface area contributed by atoms with Crippen LogP contribution in [0.1, 0.15) is 35.8 Å². The molecule has 0 aliphatic carbocycles. The summed E-state index contributed by atoms with van der Waals surface area (Å²) < 4.78 is 7.49. The highest BCUT2D eigenvalue weighted by Gasteiger charge is 2.27. The number of aryl methyl sites for hydroxylation is 2. The summed E-state index contributed by atoms with van der Waals surface area (Å²) in [6.07, 6.45) is 0. The second-order valence-corrected chi connectivity index (χ2v) is 7.81. The van der Waals surface area contributed by atoms with Crippen LogP contribution in [0.4, 0.5) is 5.82 Å². The zero-order chi connectivity index (χ0) is 20.8. The van der Waals surface area contributed by atoms with Gasteiger partial charge >= 0.3 is 0 Å². The number of hydrogen-bond acceptors (Lipinski definition) is 7. The standard InChI is InChI=1S/C22H23N7O/c1-14-12-20(29-19-7-5-4-6-18(19)25-21(29)17(14)13-23)28-10-8-27(9-11-28)15(2)22-24-16(3)26-30-22/h4-7,12,15H,8-11H2,1-3H3. The minimum atomic E-state index is 0.0881. The van der Waals surface area contributed by atoms with Gasteiger partial charge in [0.05, 0.1) is 22.6 Å². The van der Waals surface area contributed by atoms with Crippen molar-refractivity contribution in [3.63, 3.8) is 0 Å². The lowest BCUT2D eigenvalue weighted by Crippen LogP contribution is -2.47. The Labute approximate surface area is 174 Å². The van der Waals surface area contributed by atoms with E-state index in [0.29, 0.717) is 17.3 Å². The van der Waals surface area contributed by atoms with E-state index in [2.05, 4.69) is 49.5 Å². The number of rotatable bonds is 3. The van der Waals surface area contributed by atoms with Crippen LogP contribution in [0.2, 0.25) is 0 Å². The Balaban J connectivity index is 1.49. The Morgan fingerprint density at radius 1 is 1.10 bits per heavy atom. The summed E-state index contributed by atoms with van der Waals surface area (Å²) in [6, 6.07) is 12.6. The lowest BCUT2D eigenvalue weighted by molar-refractivity contribution is 0.164. The molecule has 0 spiro atoms. The Morgan fingerprint density at radius 3 is 2.57 bits per heavy atom. The van der Waals surface area contributed by atoms with Gasteiger partial charge in [-0.1, -0.05) is 17.3 Å². The minimum Gasteiger partial charge on any atom is -0.355 e. The number of piperazine rings is 1. The van der Waals surface area contributed by atoms with E-state index >= 15 is 0 Å². The molecule has 0 radical (unpaired) electrons. The Kier molecular flexibility index (Phi) is 4.40. The highest BCUT2D eigenvalue weighted by atomic mass is 16.5. The quantitative estimate of drug-likeness (QED) is 0.521. The van der Waals surface area contributed by atoms with E-state index in [0.717, 1.165) is 54.2 Å². The van der Waals surface area contributed by atoms with Crippen molar-refractivity contribution in [2.24, 2.45) is 0 Å². The fraction of sp³-hybridized carbons (Fsp3) is 0.364. The SMILES string of the molecule is Cc1noc(C(C)N2CCN(c3cc(C)c(C#N)c4nc5ccccc5n34)CC2)n1. The first-order valence-electron chi connectivity index (χ1n) is 10.2. The zero-order valence-corrected chi connectivity index (χ0v) is 17.3. The Hall–Kier alpha value is -3.44. The molecule has 1 aliphatic heterocycles. The Bertz CT molecular complexity index is 1270. The van der Waals surface area contributed by atoms with Crippen LogP contribution in [0.15, 0.2) is 34.9 Å². The number of nitrogens with zero attached hydrogens (tertiary/aromatic N) is 7. The molecule has 1 atom stereocenters. The summed E-state index contributed by atoms with van der Waals surface area (Å²) >= 11 is 0. The lowest BCUT2D eigenvalue weighted by Gasteiger charge is -2.38. The van der Waals surface area contributed by atoms with Crippen LogP contribution in [0.25, 0.3) is 16.7 Å². The van der Waals surface area contributed by atoms with Crippen LogP contribution in [-0.4, -0.2) is 50.6 Å². The highest BCUT2D eigenvalue weighted by Crippen LogP contribution is 2.30. The number of benzene rings is 1. The molecule has 0 amide bonds. The molecule has 0 N–H and O–H groups in total. The van der Waals surface area contributed by atoms with Gasteiger partial charge in [-0.2, -0.15) is 10.2 Å². The molecule has 30 heavy (non-hydrogen) atoms. The molecule has 0 bridgehead atoms. The molecule has 0 saturated carbocycles. The van der Waals surface area contributed by atoms with Gasteiger partial charge in [-0.3, -0.25) is 9.30 Å². The summed E-state index contributed by atoms with van der Waals surface area (Å²) in [5.74, 6) is 2.41. The number of imidazole rings is 1. The summed E-state index contributed by atoms with van der Waals surface area (Å²) in [5.41, 5.74) is 4.24. The van der Waals surface area contributed by atoms with E-state index in [1.165, 1.54) is 0 Å². The second kappa shape index (κ2) is 7.11. The number of anilines is 1. The largest absolute Gasteiger partial charge is 0.355 e. The van der Waals surface area contributed by atoms with Gasteiger partial charge in [0.15, 0.2) is 11.5 Å². The molecule has 4 heterocycles. The van der Waals surface area contributed by atoms with Crippen LogP contribution in [0.5, 0.6) is 0 Å². The molecule has 152 valence electrons. The van der Waals surface area contributed by atoms with E-state index in [-0.39, 0.29) is 6.04 Å². The summed E-state index contributed by atoms with van der Waals surface area (Å²) in [7, 11) is 0. The van der Waals surface area contributed by atoms with Crippen LogP contribution in [0.3, 0.4) is 0 Å². The van der Waals surface area contributed by atoms with Gasteiger partial charge < -0.3 is 9.42 Å². The molecule has 1 unspecified atom stereocenters. The van der Waals surface area contributed by atoms with Gasteiger partial charge in [-0.15, -0.1) is 0 Å². The van der Waals surface area contributed by atoms with Gasteiger partial charge in [-0.25, -0.2) is 4.98 Å². The molecule has 4 aromatic rings. The van der Waals surface area contributed by atoms with Crippen molar-refractivity contribution in [3.05, 3.63) is 53.2 Å². The molecule has 8 nitrogen and oxygen atoms in total. The summed E-state index contributed by atoms with van der Waals surface area (Å²) in [5, 5.41) is 13.6. The average molecular weight is 401 g/mol. The van der Waals surface area contributed by atoms with Crippen LogP contribution in [0, 0.1) is 25.2 Å². The molecule has 1 aliphatic rings. The molecule has 3 aromatic heterocycles. The van der Waals surface area contributed by atoms with E-state index in [1.54, 1.807) is 0 Å². The highest BCUT2D eigenvalue weighted by molar-refractivity contribution is 5.85. The van der Waals surface area contributed by atoms with Crippen LogP contribution in [-0.2, 0) is 0 Å². The van der Waals surface area contributed by atoms with Crippen LogP contribution < -0.4 is 4.90 Å². The van der Waals surface area contributed by atoms with Crippen molar-refractivity contribution in [1.29, 1.82) is 5.26 Å². The predicted molar refractivity (Wildman–Crippen MR) is 113 cm³/mol. The third-order valence-electron chi connectivity index (χ3n) is 5.95. The second-order valence-electron chi connectivity index (χ2n) is 7.81. The Morgan fingerprint density at radius 2 is 1.87 bits per heavy atom. The van der Waals surface area contributed by atoms with Crippen LogP contribution >= 0.6 is 0 Å². The number of nitriles is 1. The van der Waals surface area contributed by atoms with E-state index in [1.807, 2.05) is 32.0 Å². The average Bonchev–Trinajstić information content (AvgIpc) is 3.36. The van der Waals surface area contributed by atoms with Gasteiger partial charge in [0, 0.05) is 26.2 Å². The molecule has 5 rings (SSSR count). The third-order valence-corrected chi connectivity index (χ3v) is 5.95. The normalized spacial score (nSPS) is 16.3. The maximum absolute atomic E-state index is 9.71. The molecular weight excluding hydrogens is 378 g/mol. The first kappa shape index (κ1) is 18.6. The lowest BCUT2D eigenvalue weighted by atomic mass is 10.1. The topological polar surface area (TPSA) is 86.5 Å². The van der Waals surface area contributed by atoms with E-state index < -0.39 is 0 Å².